The zero-order valence-electron chi connectivity index (χ0n) is 12.0. The summed E-state index contributed by atoms with van der Waals surface area (Å²) in [5.74, 6) is 0.888. The maximum atomic E-state index is 5.78. The van der Waals surface area contributed by atoms with E-state index in [1.165, 1.54) is 5.56 Å². The largest absolute Gasteiger partial charge is 0.495 e. The van der Waals surface area contributed by atoms with Crippen LogP contribution in [-0.2, 0) is 4.74 Å². The lowest BCUT2D eigenvalue weighted by atomic mass is 9.99. The smallest absolute Gasteiger partial charge is 0.143 e. The van der Waals surface area contributed by atoms with Crippen molar-refractivity contribution >= 4 is 21.6 Å². The van der Waals surface area contributed by atoms with Gasteiger partial charge in [-0.25, -0.2) is 0 Å². The van der Waals surface area contributed by atoms with Crippen LogP contribution in [0.25, 0.3) is 0 Å². The van der Waals surface area contributed by atoms with Crippen molar-refractivity contribution in [1.29, 1.82) is 0 Å². The molecule has 2 rings (SSSR count). The lowest BCUT2D eigenvalue weighted by molar-refractivity contribution is -0.0338. The third-order valence-electron chi connectivity index (χ3n) is 3.53. The Kier molecular flexibility index (Phi) is 4.74. The zero-order chi connectivity index (χ0) is 14.0. The van der Waals surface area contributed by atoms with Gasteiger partial charge in [-0.05, 0) is 51.3 Å². The van der Waals surface area contributed by atoms with Crippen LogP contribution in [0.2, 0.25) is 0 Å². The summed E-state index contributed by atoms with van der Waals surface area (Å²) in [4.78, 5) is 0. The van der Waals surface area contributed by atoms with Crippen molar-refractivity contribution in [2.45, 2.75) is 51.9 Å². The van der Waals surface area contributed by atoms with Gasteiger partial charge in [-0.3, -0.25) is 0 Å². The van der Waals surface area contributed by atoms with Crippen LogP contribution in [0.4, 0.5) is 5.69 Å². The first-order valence-electron chi connectivity index (χ1n) is 6.75. The molecule has 1 fully saturated rings. The molecule has 0 spiro atoms. The van der Waals surface area contributed by atoms with Crippen LogP contribution in [0, 0.1) is 6.92 Å². The third-order valence-corrected chi connectivity index (χ3v) is 3.99. The summed E-state index contributed by atoms with van der Waals surface area (Å²) < 4.78 is 12.3. The first-order chi connectivity index (χ1) is 8.99. The normalized spacial score (nSPS) is 27.1. The molecule has 0 radical (unpaired) electrons. The quantitative estimate of drug-likeness (QED) is 0.905. The first-order valence-corrected chi connectivity index (χ1v) is 7.55. The monoisotopic (exact) mass is 327 g/mol. The molecule has 1 saturated heterocycles. The number of hydrogen-bond acceptors (Lipinski definition) is 3. The Morgan fingerprint density at radius 1 is 1.26 bits per heavy atom. The molecule has 4 heteroatoms. The topological polar surface area (TPSA) is 30.5 Å². The number of ether oxygens (including phenoxy) is 2. The Morgan fingerprint density at radius 2 is 1.89 bits per heavy atom. The molecule has 0 bridgehead atoms. The van der Waals surface area contributed by atoms with Crippen LogP contribution < -0.4 is 10.1 Å². The van der Waals surface area contributed by atoms with Crippen LogP contribution >= 0.6 is 15.9 Å². The van der Waals surface area contributed by atoms with Crippen molar-refractivity contribution in [3.8, 4) is 5.75 Å². The second kappa shape index (κ2) is 6.14. The van der Waals surface area contributed by atoms with Gasteiger partial charge in [-0.2, -0.15) is 0 Å². The second-order valence-corrected chi connectivity index (χ2v) is 6.29. The van der Waals surface area contributed by atoms with E-state index in [2.05, 4.69) is 48.1 Å². The van der Waals surface area contributed by atoms with E-state index in [1.807, 2.05) is 6.07 Å². The average molecular weight is 328 g/mol. The van der Waals surface area contributed by atoms with Gasteiger partial charge in [0.05, 0.1) is 25.0 Å². The van der Waals surface area contributed by atoms with Gasteiger partial charge in [-0.15, -0.1) is 0 Å². The highest BCUT2D eigenvalue weighted by atomic mass is 79.9. The molecule has 1 aliphatic rings. The highest BCUT2D eigenvalue weighted by Gasteiger charge is 2.25. The fourth-order valence-electron chi connectivity index (χ4n) is 2.79. The highest BCUT2D eigenvalue weighted by Crippen LogP contribution is 2.34. The molecule has 3 nitrogen and oxygen atoms in total. The van der Waals surface area contributed by atoms with Crippen LogP contribution in [0.1, 0.15) is 32.3 Å². The minimum atomic E-state index is 0.308. The van der Waals surface area contributed by atoms with Gasteiger partial charge < -0.3 is 14.8 Å². The number of aryl methyl sites for hydroxylation is 1. The predicted molar refractivity (Wildman–Crippen MR) is 82.1 cm³/mol. The molecular weight excluding hydrogens is 306 g/mol. The highest BCUT2D eigenvalue weighted by molar-refractivity contribution is 9.10. The molecule has 0 amide bonds. The molecule has 2 atom stereocenters. The van der Waals surface area contributed by atoms with Crippen molar-refractivity contribution in [1.82, 2.24) is 0 Å². The minimum Gasteiger partial charge on any atom is -0.495 e. The minimum absolute atomic E-state index is 0.308. The molecule has 1 heterocycles. The van der Waals surface area contributed by atoms with E-state index in [9.17, 15) is 0 Å². The molecule has 1 N–H and O–H groups in total. The van der Waals surface area contributed by atoms with E-state index in [4.69, 9.17) is 9.47 Å². The van der Waals surface area contributed by atoms with Gasteiger partial charge >= 0.3 is 0 Å². The van der Waals surface area contributed by atoms with Gasteiger partial charge in [0.25, 0.3) is 0 Å². The molecule has 2 unspecified atom stereocenters. The summed E-state index contributed by atoms with van der Waals surface area (Å²) in [5, 5.41) is 3.63. The SMILES string of the molecule is COc1cc(Br)cc(C)c1NC1CC(C)OC(C)C1. The number of hydrogen-bond donors (Lipinski definition) is 1. The van der Waals surface area contributed by atoms with Crippen molar-refractivity contribution < 1.29 is 9.47 Å². The van der Waals surface area contributed by atoms with E-state index in [-0.39, 0.29) is 0 Å². The summed E-state index contributed by atoms with van der Waals surface area (Å²) in [7, 11) is 1.71. The number of methoxy groups -OCH3 is 1. The number of nitrogens with one attached hydrogen (secondary N) is 1. The molecule has 1 aromatic rings. The molecule has 19 heavy (non-hydrogen) atoms. The van der Waals surface area contributed by atoms with Crippen LogP contribution in [0.3, 0.4) is 0 Å². The Labute approximate surface area is 123 Å². The Bertz CT molecular complexity index is 440. The fraction of sp³-hybridized carbons (Fsp3) is 0.600. The van der Waals surface area contributed by atoms with Crippen molar-refractivity contribution in [2.75, 3.05) is 12.4 Å². The fourth-order valence-corrected chi connectivity index (χ4v) is 3.34. The van der Waals surface area contributed by atoms with Crippen molar-refractivity contribution in [2.24, 2.45) is 0 Å². The van der Waals surface area contributed by atoms with E-state index in [1.54, 1.807) is 7.11 Å². The van der Waals surface area contributed by atoms with Gasteiger partial charge in [0.1, 0.15) is 5.75 Å². The molecule has 0 saturated carbocycles. The maximum Gasteiger partial charge on any atom is 0.143 e. The van der Waals surface area contributed by atoms with Crippen LogP contribution in [-0.4, -0.2) is 25.4 Å². The summed E-state index contributed by atoms with van der Waals surface area (Å²) in [5.41, 5.74) is 2.29. The Hall–Kier alpha value is -0.740. The van der Waals surface area contributed by atoms with E-state index in [0.717, 1.165) is 28.8 Å². The standard InChI is InChI=1S/C15H22BrNO2/c1-9-5-12(16)8-14(18-4)15(9)17-13-6-10(2)19-11(3)7-13/h5,8,10-11,13,17H,6-7H2,1-4H3. The summed E-state index contributed by atoms with van der Waals surface area (Å²) in [6.45, 7) is 6.37. The molecular formula is C15H22BrNO2. The predicted octanol–water partition coefficient (Wildman–Crippen LogP) is 4.13. The molecule has 106 valence electrons. The van der Waals surface area contributed by atoms with E-state index >= 15 is 0 Å². The van der Waals surface area contributed by atoms with Crippen LogP contribution in [0.5, 0.6) is 5.75 Å². The number of anilines is 1. The van der Waals surface area contributed by atoms with Crippen molar-refractivity contribution in [3.63, 3.8) is 0 Å². The third kappa shape index (κ3) is 3.63. The van der Waals surface area contributed by atoms with Gasteiger partial charge in [0.15, 0.2) is 0 Å². The van der Waals surface area contributed by atoms with Crippen LogP contribution in [0.15, 0.2) is 16.6 Å². The van der Waals surface area contributed by atoms with Gasteiger partial charge in [0, 0.05) is 10.5 Å². The number of benzene rings is 1. The van der Waals surface area contributed by atoms with E-state index in [0.29, 0.717) is 18.2 Å². The van der Waals surface area contributed by atoms with Gasteiger partial charge in [-0.1, -0.05) is 15.9 Å². The number of rotatable bonds is 3. The zero-order valence-corrected chi connectivity index (χ0v) is 13.6. The Balaban J connectivity index is 2.18. The molecule has 1 aliphatic heterocycles. The molecule has 1 aromatic carbocycles. The maximum absolute atomic E-state index is 5.78. The van der Waals surface area contributed by atoms with Crippen molar-refractivity contribution in [3.05, 3.63) is 22.2 Å². The average Bonchev–Trinajstić information content (AvgIpc) is 2.31. The lowest BCUT2D eigenvalue weighted by Gasteiger charge is -2.33. The lowest BCUT2D eigenvalue weighted by Crippen LogP contribution is -2.37. The molecule has 0 aromatic heterocycles. The number of halogens is 1. The van der Waals surface area contributed by atoms with Gasteiger partial charge in [0.2, 0.25) is 0 Å². The second-order valence-electron chi connectivity index (χ2n) is 5.37. The molecule has 0 aliphatic carbocycles. The summed E-state index contributed by atoms with van der Waals surface area (Å²) in [6, 6.07) is 4.55. The van der Waals surface area contributed by atoms with E-state index < -0.39 is 0 Å². The first kappa shape index (κ1) is 14.7. The summed E-state index contributed by atoms with van der Waals surface area (Å²) in [6.07, 6.45) is 2.68. The Morgan fingerprint density at radius 3 is 2.47 bits per heavy atom. The summed E-state index contributed by atoms with van der Waals surface area (Å²) >= 11 is 3.50.